The summed E-state index contributed by atoms with van der Waals surface area (Å²) in [6.07, 6.45) is 8.12. The molecule has 6 heteroatoms. The Balaban J connectivity index is 1.60. The van der Waals surface area contributed by atoms with Crippen molar-refractivity contribution in [2.24, 2.45) is 23.5 Å². The van der Waals surface area contributed by atoms with Gasteiger partial charge in [0.05, 0.1) is 17.4 Å². The molecular formula is C17H23N3O3. The monoisotopic (exact) mass is 317 g/mol. The molecule has 4 aliphatic carbocycles. The summed E-state index contributed by atoms with van der Waals surface area (Å²) in [6, 6.07) is 1.05. The van der Waals surface area contributed by atoms with Gasteiger partial charge in [0.15, 0.2) is 0 Å². The molecule has 0 spiro atoms. The fraction of sp³-hybridized carbons (Fsp3) is 0.647. The fourth-order valence-corrected chi connectivity index (χ4v) is 5.53. The van der Waals surface area contributed by atoms with E-state index in [1.807, 2.05) is 0 Å². The van der Waals surface area contributed by atoms with Crippen LogP contribution in [-0.2, 0) is 0 Å². The van der Waals surface area contributed by atoms with Crippen LogP contribution in [0.4, 0.5) is 4.79 Å². The maximum atomic E-state index is 12.5. The lowest BCUT2D eigenvalue weighted by Gasteiger charge is -2.59. The Hall–Kier alpha value is -1.98. The van der Waals surface area contributed by atoms with E-state index in [4.69, 9.17) is 10.2 Å². The number of furan rings is 1. The lowest BCUT2D eigenvalue weighted by molar-refractivity contribution is -0.0819. The summed E-state index contributed by atoms with van der Waals surface area (Å²) in [5.74, 6) is 2.20. The van der Waals surface area contributed by atoms with Gasteiger partial charge in [-0.05, 0) is 69.3 Å². The van der Waals surface area contributed by atoms with Crippen LogP contribution in [0.15, 0.2) is 16.7 Å². The second-order valence-electron chi connectivity index (χ2n) is 7.65. The van der Waals surface area contributed by atoms with E-state index < -0.39 is 6.03 Å². The molecule has 4 fully saturated rings. The zero-order valence-corrected chi connectivity index (χ0v) is 13.4. The third kappa shape index (κ3) is 2.31. The number of hydrogen-bond acceptors (Lipinski definition) is 3. The van der Waals surface area contributed by atoms with Crippen LogP contribution < -0.4 is 11.2 Å². The number of aryl methyl sites for hydroxylation is 1. The lowest BCUT2D eigenvalue weighted by atomic mass is 9.53. The van der Waals surface area contributed by atoms with Crippen molar-refractivity contribution in [3.8, 4) is 0 Å². The van der Waals surface area contributed by atoms with Crippen LogP contribution >= 0.6 is 0 Å². The van der Waals surface area contributed by atoms with Gasteiger partial charge < -0.3 is 10.2 Å². The van der Waals surface area contributed by atoms with Gasteiger partial charge in [-0.3, -0.25) is 10.2 Å². The highest BCUT2D eigenvalue weighted by Crippen LogP contribution is 2.57. The van der Waals surface area contributed by atoms with Crippen molar-refractivity contribution in [2.45, 2.75) is 51.0 Å². The summed E-state index contributed by atoms with van der Waals surface area (Å²) < 4.78 is 5.18. The first kappa shape index (κ1) is 14.6. The third-order valence-corrected chi connectivity index (χ3v) is 6.02. The quantitative estimate of drug-likeness (QED) is 0.822. The molecule has 4 saturated carbocycles. The summed E-state index contributed by atoms with van der Waals surface area (Å²) in [6.45, 7) is 1.73. The second kappa shape index (κ2) is 5.01. The molecule has 1 aromatic heterocycles. The highest BCUT2D eigenvalue weighted by Gasteiger charge is 2.55. The zero-order valence-electron chi connectivity index (χ0n) is 13.4. The van der Waals surface area contributed by atoms with Crippen molar-refractivity contribution in [2.75, 3.05) is 0 Å². The van der Waals surface area contributed by atoms with Crippen molar-refractivity contribution in [1.29, 1.82) is 0 Å². The Morgan fingerprint density at radius 1 is 1.22 bits per heavy atom. The van der Waals surface area contributed by atoms with Gasteiger partial charge in [0.25, 0.3) is 5.91 Å². The summed E-state index contributed by atoms with van der Waals surface area (Å²) in [5.41, 5.74) is 8.57. The normalized spacial score (nSPS) is 34.4. The largest absolute Gasteiger partial charge is 0.469 e. The molecule has 0 atom stereocenters. The van der Waals surface area contributed by atoms with E-state index in [0.717, 1.165) is 19.3 Å². The average Bonchev–Trinajstić information content (AvgIpc) is 2.88. The number of primary amides is 1. The molecule has 5 rings (SSSR count). The Morgan fingerprint density at radius 2 is 1.78 bits per heavy atom. The summed E-state index contributed by atoms with van der Waals surface area (Å²) in [7, 11) is 0. The van der Waals surface area contributed by atoms with Crippen LogP contribution in [0.1, 0.15) is 54.6 Å². The Morgan fingerprint density at radius 3 is 2.22 bits per heavy atom. The summed E-state index contributed by atoms with van der Waals surface area (Å²) in [4.78, 5) is 24.6. The van der Waals surface area contributed by atoms with Crippen molar-refractivity contribution < 1.29 is 14.0 Å². The van der Waals surface area contributed by atoms with Crippen molar-refractivity contribution in [3.05, 3.63) is 23.7 Å². The van der Waals surface area contributed by atoms with E-state index in [1.165, 1.54) is 30.5 Å². The number of carbonyl (C=O) groups excluding carboxylic acids is 2. The van der Waals surface area contributed by atoms with Crippen molar-refractivity contribution in [1.82, 2.24) is 10.4 Å². The van der Waals surface area contributed by atoms with E-state index >= 15 is 0 Å². The predicted octanol–water partition coefficient (Wildman–Crippen LogP) is 2.58. The molecule has 6 nitrogen and oxygen atoms in total. The maximum absolute atomic E-state index is 12.5. The molecule has 0 aliphatic heterocycles. The number of urea groups is 1. The minimum atomic E-state index is -0.568. The molecule has 3 N–H and O–H groups in total. The van der Waals surface area contributed by atoms with Crippen molar-refractivity contribution >= 4 is 11.9 Å². The molecule has 3 amide bonds. The van der Waals surface area contributed by atoms with Crippen LogP contribution in [0.2, 0.25) is 0 Å². The van der Waals surface area contributed by atoms with E-state index in [1.54, 1.807) is 13.0 Å². The molecule has 0 unspecified atom stereocenters. The Kier molecular flexibility index (Phi) is 3.18. The van der Waals surface area contributed by atoms with E-state index in [9.17, 15) is 9.59 Å². The molecular weight excluding hydrogens is 294 g/mol. The number of amides is 3. The number of rotatable bonds is 2. The SMILES string of the molecule is Cc1occc1C(=O)NN(C(N)=O)C12CC3CC(CC(C3)C1)C2. The van der Waals surface area contributed by atoms with Crippen LogP contribution in [0.3, 0.4) is 0 Å². The minimum absolute atomic E-state index is 0.298. The second-order valence-corrected chi connectivity index (χ2v) is 7.65. The molecule has 23 heavy (non-hydrogen) atoms. The van der Waals surface area contributed by atoms with Gasteiger partial charge in [-0.15, -0.1) is 0 Å². The van der Waals surface area contributed by atoms with E-state index in [2.05, 4.69) is 5.43 Å². The maximum Gasteiger partial charge on any atom is 0.334 e. The first-order chi connectivity index (χ1) is 11.0. The molecule has 0 radical (unpaired) electrons. The molecule has 0 saturated heterocycles. The van der Waals surface area contributed by atoms with Gasteiger partial charge in [-0.2, -0.15) is 0 Å². The number of nitrogens with one attached hydrogen (secondary N) is 1. The topological polar surface area (TPSA) is 88.6 Å². The summed E-state index contributed by atoms with van der Waals surface area (Å²) >= 11 is 0. The average molecular weight is 317 g/mol. The molecule has 1 aromatic rings. The van der Waals surface area contributed by atoms with Gasteiger partial charge in [0, 0.05) is 0 Å². The van der Waals surface area contributed by atoms with Gasteiger partial charge in [0.2, 0.25) is 0 Å². The number of nitrogens with zero attached hydrogens (tertiary/aromatic N) is 1. The standard InChI is InChI=1S/C17H23N3O3/c1-10-14(2-3-23-10)15(21)19-20(16(18)22)17-7-11-4-12(8-17)6-13(5-11)9-17/h2-3,11-13H,4-9H2,1H3,(H2,18,22)(H,19,21). The van der Waals surface area contributed by atoms with Gasteiger partial charge >= 0.3 is 6.03 Å². The Bertz CT molecular complexity index is 616. The van der Waals surface area contributed by atoms with Crippen LogP contribution in [0.5, 0.6) is 0 Å². The fourth-order valence-electron chi connectivity index (χ4n) is 5.53. The number of hydrazine groups is 1. The Labute approximate surface area is 135 Å². The van der Waals surface area contributed by atoms with Crippen molar-refractivity contribution in [3.63, 3.8) is 0 Å². The molecule has 0 aromatic carbocycles. The number of nitrogens with two attached hydrogens (primary N) is 1. The van der Waals surface area contributed by atoms with Gasteiger partial charge in [-0.25, -0.2) is 9.80 Å². The molecule has 4 bridgehead atoms. The predicted molar refractivity (Wildman–Crippen MR) is 83.2 cm³/mol. The summed E-state index contributed by atoms with van der Waals surface area (Å²) in [5, 5.41) is 1.44. The van der Waals surface area contributed by atoms with E-state index in [-0.39, 0.29) is 11.4 Å². The van der Waals surface area contributed by atoms with Crippen LogP contribution in [-0.4, -0.2) is 22.5 Å². The highest BCUT2D eigenvalue weighted by molar-refractivity contribution is 5.96. The zero-order chi connectivity index (χ0) is 16.2. The number of carbonyl (C=O) groups is 2. The molecule has 124 valence electrons. The minimum Gasteiger partial charge on any atom is -0.469 e. The smallest absolute Gasteiger partial charge is 0.334 e. The first-order valence-corrected chi connectivity index (χ1v) is 8.41. The molecule has 1 heterocycles. The van der Waals surface area contributed by atoms with E-state index in [0.29, 0.717) is 29.1 Å². The van der Waals surface area contributed by atoms with Crippen LogP contribution in [0.25, 0.3) is 0 Å². The van der Waals surface area contributed by atoms with Gasteiger partial charge in [-0.1, -0.05) is 0 Å². The number of hydrogen-bond donors (Lipinski definition) is 2. The lowest BCUT2D eigenvalue weighted by Crippen LogP contribution is -2.67. The van der Waals surface area contributed by atoms with Gasteiger partial charge in [0.1, 0.15) is 5.76 Å². The van der Waals surface area contributed by atoms with Crippen LogP contribution in [0, 0.1) is 24.7 Å². The first-order valence-electron chi connectivity index (χ1n) is 8.41. The third-order valence-electron chi connectivity index (χ3n) is 6.02. The molecule has 4 aliphatic rings. The highest BCUT2D eigenvalue weighted by atomic mass is 16.3.